The second-order valence-corrected chi connectivity index (χ2v) is 3.65. The Morgan fingerprint density at radius 2 is 2.00 bits per heavy atom. The standard InChI is InChI=1S/C10H5BrF2N2O/c11-8-4-9(15-5-14-8)16-7-3-1-2-6(12)10(7)13/h1-5H. The van der Waals surface area contributed by atoms with E-state index in [1.165, 1.54) is 24.5 Å². The van der Waals surface area contributed by atoms with Crippen LogP contribution in [0, 0.1) is 11.6 Å². The number of rotatable bonds is 2. The Labute approximate surface area is 98.2 Å². The molecular formula is C10H5BrF2N2O. The van der Waals surface area contributed by atoms with E-state index in [-0.39, 0.29) is 11.6 Å². The molecular weight excluding hydrogens is 282 g/mol. The van der Waals surface area contributed by atoms with Crippen LogP contribution in [0.15, 0.2) is 35.2 Å². The van der Waals surface area contributed by atoms with Gasteiger partial charge in [0.2, 0.25) is 11.7 Å². The van der Waals surface area contributed by atoms with Gasteiger partial charge < -0.3 is 4.74 Å². The van der Waals surface area contributed by atoms with Crippen molar-refractivity contribution in [3.8, 4) is 11.6 Å². The maximum Gasteiger partial charge on any atom is 0.223 e. The molecule has 0 atom stereocenters. The van der Waals surface area contributed by atoms with E-state index in [1.54, 1.807) is 0 Å². The highest BCUT2D eigenvalue weighted by atomic mass is 79.9. The summed E-state index contributed by atoms with van der Waals surface area (Å²) >= 11 is 3.11. The van der Waals surface area contributed by atoms with Crippen LogP contribution < -0.4 is 4.74 Å². The zero-order valence-corrected chi connectivity index (χ0v) is 9.41. The third-order valence-corrected chi connectivity index (χ3v) is 2.17. The fourth-order valence-electron chi connectivity index (χ4n) is 1.05. The molecule has 0 amide bonds. The van der Waals surface area contributed by atoms with Crippen LogP contribution in [0.25, 0.3) is 0 Å². The van der Waals surface area contributed by atoms with Crippen molar-refractivity contribution in [2.24, 2.45) is 0 Å². The highest BCUT2D eigenvalue weighted by molar-refractivity contribution is 9.10. The molecule has 16 heavy (non-hydrogen) atoms. The number of nitrogens with zero attached hydrogens (tertiary/aromatic N) is 2. The van der Waals surface area contributed by atoms with Gasteiger partial charge in [-0.2, -0.15) is 4.39 Å². The van der Waals surface area contributed by atoms with Crippen molar-refractivity contribution in [2.75, 3.05) is 0 Å². The molecule has 1 heterocycles. The van der Waals surface area contributed by atoms with Gasteiger partial charge in [0.05, 0.1) is 0 Å². The fraction of sp³-hybridized carbons (Fsp3) is 0. The monoisotopic (exact) mass is 286 g/mol. The van der Waals surface area contributed by atoms with Gasteiger partial charge in [-0.1, -0.05) is 6.07 Å². The molecule has 0 N–H and O–H groups in total. The van der Waals surface area contributed by atoms with Crippen LogP contribution in [0.4, 0.5) is 8.78 Å². The topological polar surface area (TPSA) is 35.0 Å². The summed E-state index contributed by atoms with van der Waals surface area (Å²) in [5, 5.41) is 0. The number of aromatic nitrogens is 2. The largest absolute Gasteiger partial charge is 0.436 e. The minimum atomic E-state index is -1.04. The molecule has 0 fully saturated rings. The third-order valence-electron chi connectivity index (χ3n) is 1.74. The lowest BCUT2D eigenvalue weighted by atomic mass is 10.3. The van der Waals surface area contributed by atoms with Gasteiger partial charge >= 0.3 is 0 Å². The SMILES string of the molecule is Fc1cccc(Oc2cc(Br)ncn2)c1F. The molecule has 1 aromatic heterocycles. The van der Waals surface area contributed by atoms with Crippen LogP contribution in [0.3, 0.4) is 0 Å². The zero-order chi connectivity index (χ0) is 11.5. The fourth-order valence-corrected chi connectivity index (χ4v) is 1.34. The van der Waals surface area contributed by atoms with E-state index in [1.807, 2.05) is 0 Å². The summed E-state index contributed by atoms with van der Waals surface area (Å²) in [7, 11) is 0. The minimum absolute atomic E-state index is 0.131. The summed E-state index contributed by atoms with van der Waals surface area (Å²) in [4.78, 5) is 7.53. The number of ether oxygens (including phenoxy) is 1. The molecule has 1 aromatic carbocycles. The average Bonchev–Trinajstić information content (AvgIpc) is 2.25. The molecule has 3 nitrogen and oxygen atoms in total. The first-order valence-electron chi connectivity index (χ1n) is 4.26. The lowest BCUT2D eigenvalue weighted by Gasteiger charge is -2.05. The minimum Gasteiger partial charge on any atom is -0.436 e. The maximum atomic E-state index is 13.2. The molecule has 0 bridgehead atoms. The predicted molar refractivity (Wildman–Crippen MR) is 56.2 cm³/mol. The quantitative estimate of drug-likeness (QED) is 0.795. The number of hydrogen-bond donors (Lipinski definition) is 0. The Balaban J connectivity index is 2.31. The Bertz CT molecular complexity index is 522. The van der Waals surface area contributed by atoms with E-state index in [9.17, 15) is 8.78 Å². The molecule has 2 rings (SSSR count). The summed E-state index contributed by atoms with van der Waals surface area (Å²) < 4.78 is 31.7. The Kier molecular flexibility index (Phi) is 3.09. The molecule has 2 aromatic rings. The van der Waals surface area contributed by atoms with Crippen molar-refractivity contribution in [1.29, 1.82) is 0 Å². The maximum absolute atomic E-state index is 13.2. The van der Waals surface area contributed by atoms with Gasteiger partial charge in [0.25, 0.3) is 0 Å². The average molecular weight is 287 g/mol. The first-order chi connectivity index (χ1) is 7.66. The first-order valence-corrected chi connectivity index (χ1v) is 5.05. The second-order valence-electron chi connectivity index (χ2n) is 2.83. The van der Waals surface area contributed by atoms with Gasteiger partial charge in [0.1, 0.15) is 10.9 Å². The van der Waals surface area contributed by atoms with Crippen LogP contribution >= 0.6 is 15.9 Å². The van der Waals surface area contributed by atoms with Crippen molar-refractivity contribution in [2.45, 2.75) is 0 Å². The van der Waals surface area contributed by atoms with E-state index in [0.717, 1.165) is 6.07 Å². The second kappa shape index (κ2) is 4.52. The molecule has 0 radical (unpaired) electrons. The van der Waals surface area contributed by atoms with Crippen LogP contribution in [0.5, 0.6) is 11.6 Å². The highest BCUT2D eigenvalue weighted by Crippen LogP contribution is 2.25. The summed E-state index contributed by atoms with van der Waals surface area (Å²) in [6.07, 6.45) is 1.25. The summed E-state index contributed by atoms with van der Waals surface area (Å²) in [6, 6.07) is 5.13. The van der Waals surface area contributed by atoms with Crippen LogP contribution in [-0.2, 0) is 0 Å². The smallest absolute Gasteiger partial charge is 0.223 e. The summed E-state index contributed by atoms with van der Waals surface area (Å²) in [5.41, 5.74) is 0. The summed E-state index contributed by atoms with van der Waals surface area (Å²) in [5.74, 6) is -2.10. The first kappa shape index (κ1) is 10.9. The molecule has 82 valence electrons. The number of benzene rings is 1. The molecule has 0 saturated carbocycles. The molecule has 0 spiro atoms. The third kappa shape index (κ3) is 2.33. The highest BCUT2D eigenvalue weighted by Gasteiger charge is 2.10. The van der Waals surface area contributed by atoms with Crippen molar-refractivity contribution < 1.29 is 13.5 Å². The van der Waals surface area contributed by atoms with Crippen molar-refractivity contribution >= 4 is 15.9 Å². The number of halogens is 3. The lowest BCUT2D eigenvalue weighted by molar-refractivity contribution is 0.404. The lowest BCUT2D eigenvalue weighted by Crippen LogP contribution is -1.93. The van der Waals surface area contributed by atoms with E-state index in [0.29, 0.717) is 4.60 Å². The van der Waals surface area contributed by atoms with E-state index < -0.39 is 11.6 Å². The van der Waals surface area contributed by atoms with Gasteiger partial charge in [-0.3, -0.25) is 0 Å². The molecule has 0 aliphatic heterocycles. The van der Waals surface area contributed by atoms with Crippen LogP contribution in [-0.4, -0.2) is 9.97 Å². The summed E-state index contributed by atoms with van der Waals surface area (Å²) in [6.45, 7) is 0. The van der Waals surface area contributed by atoms with E-state index in [2.05, 4.69) is 25.9 Å². The Morgan fingerprint density at radius 3 is 2.75 bits per heavy atom. The van der Waals surface area contributed by atoms with Gasteiger partial charge in [-0.15, -0.1) is 0 Å². The molecule has 0 aliphatic carbocycles. The van der Waals surface area contributed by atoms with Gasteiger partial charge in [-0.25, -0.2) is 14.4 Å². The molecule has 0 unspecified atom stereocenters. The zero-order valence-electron chi connectivity index (χ0n) is 7.82. The van der Waals surface area contributed by atoms with Gasteiger partial charge in [-0.05, 0) is 28.1 Å². The van der Waals surface area contributed by atoms with Crippen molar-refractivity contribution in [3.05, 3.63) is 46.8 Å². The van der Waals surface area contributed by atoms with E-state index in [4.69, 9.17) is 4.74 Å². The molecule has 0 aliphatic rings. The van der Waals surface area contributed by atoms with Crippen molar-refractivity contribution in [3.63, 3.8) is 0 Å². The van der Waals surface area contributed by atoms with Crippen LogP contribution in [0.2, 0.25) is 0 Å². The van der Waals surface area contributed by atoms with Gasteiger partial charge in [0.15, 0.2) is 11.6 Å². The Morgan fingerprint density at radius 1 is 1.19 bits per heavy atom. The van der Waals surface area contributed by atoms with Crippen molar-refractivity contribution in [1.82, 2.24) is 9.97 Å². The molecule has 0 saturated heterocycles. The normalized spacial score (nSPS) is 10.2. The van der Waals surface area contributed by atoms with Gasteiger partial charge in [0, 0.05) is 6.07 Å². The predicted octanol–water partition coefficient (Wildman–Crippen LogP) is 3.31. The Hall–Kier alpha value is -1.56. The molecule has 6 heteroatoms. The van der Waals surface area contributed by atoms with E-state index >= 15 is 0 Å². The number of hydrogen-bond acceptors (Lipinski definition) is 3. The van der Waals surface area contributed by atoms with Crippen LogP contribution in [0.1, 0.15) is 0 Å².